The van der Waals surface area contributed by atoms with Gasteiger partial charge in [0.2, 0.25) is 0 Å². The zero-order chi connectivity index (χ0) is 21.3. The molecule has 1 aromatic carbocycles. The van der Waals surface area contributed by atoms with E-state index in [1.165, 1.54) is 3.97 Å². The normalized spacial score (nSPS) is 14.3. The lowest BCUT2D eigenvalue weighted by molar-refractivity contribution is 0.239. The molecule has 0 radical (unpaired) electrons. The Balaban J connectivity index is 1.36. The average Bonchev–Trinajstić information content (AvgIpc) is 3.29. The number of hydrogen-bond donors (Lipinski definition) is 0. The third kappa shape index (κ3) is 3.87. The molecule has 0 N–H and O–H groups in total. The maximum atomic E-state index is 13.0. The summed E-state index contributed by atoms with van der Waals surface area (Å²) in [5.74, 6) is 0.683. The lowest BCUT2D eigenvalue weighted by atomic mass is 10.1. The minimum atomic E-state index is -3.61. The number of benzene rings is 1. The molecule has 3 aromatic heterocycles. The molecule has 0 aliphatic carbocycles. The van der Waals surface area contributed by atoms with Gasteiger partial charge in [-0.1, -0.05) is 18.2 Å². The summed E-state index contributed by atoms with van der Waals surface area (Å²) in [6, 6.07) is 16.0. The molecule has 0 bridgehead atoms. The molecule has 0 atom stereocenters. The van der Waals surface area contributed by atoms with Crippen LogP contribution in [-0.4, -0.2) is 38.8 Å². The molecule has 7 nitrogen and oxygen atoms in total. The standard InChI is InChI=1S/C23H21N5O2S/c29-31(30,21-8-2-1-3-9-21)28-12-5-7-20(28)17-27-13-10-22-19(16-27)15-25-23(26-22)18-6-4-11-24-14-18/h1-9,11-12,14-15H,10,13,16-17H2. The van der Waals surface area contributed by atoms with Gasteiger partial charge in [0.05, 0.1) is 10.6 Å². The topological polar surface area (TPSA) is 81.0 Å². The Labute approximate surface area is 181 Å². The van der Waals surface area contributed by atoms with Gasteiger partial charge in [0.25, 0.3) is 10.0 Å². The van der Waals surface area contributed by atoms with Gasteiger partial charge in [-0.2, -0.15) is 0 Å². The van der Waals surface area contributed by atoms with Gasteiger partial charge in [-0.05, 0) is 36.4 Å². The Bertz CT molecular complexity index is 1300. The van der Waals surface area contributed by atoms with Gasteiger partial charge in [-0.25, -0.2) is 22.4 Å². The van der Waals surface area contributed by atoms with E-state index >= 15 is 0 Å². The molecule has 0 amide bonds. The van der Waals surface area contributed by atoms with Gasteiger partial charge in [0, 0.05) is 67.7 Å². The van der Waals surface area contributed by atoms with Crippen LogP contribution in [0.5, 0.6) is 0 Å². The van der Waals surface area contributed by atoms with Crippen LogP contribution in [0.3, 0.4) is 0 Å². The summed E-state index contributed by atoms with van der Waals surface area (Å²) >= 11 is 0. The number of fused-ring (bicyclic) bond motifs is 1. The van der Waals surface area contributed by atoms with Crippen molar-refractivity contribution in [2.75, 3.05) is 6.54 Å². The fraction of sp³-hybridized carbons (Fsp3) is 0.174. The quantitative estimate of drug-likeness (QED) is 0.483. The summed E-state index contributed by atoms with van der Waals surface area (Å²) in [7, 11) is -3.61. The molecule has 4 heterocycles. The summed E-state index contributed by atoms with van der Waals surface area (Å²) in [5.41, 5.74) is 3.75. The second-order valence-electron chi connectivity index (χ2n) is 7.48. The van der Waals surface area contributed by atoms with Crippen molar-refractivity contribution < 1.29 is 8.42 Å². The number of rotatable bonds is 5. The van der Waals surface area contributed by atoms with E-state index in [2.05, 4.69) is 14.9 Å². The maximum absolute atomic E-state index is 13.0. The molecule has 156 valence electrons. The summed E-state index contributed by atoms with van der Waals surface area (Å²) in [6.45, 7) is 2.01. The van der Waals surface area contributed by atoms with Crippen LogP contribution in [0.4, 0.5) is 0 Å². The zero-order valence-corrected chi connectivity index (χ0v) is 17.6. The summed E-state index contributed by atoms with van der Waals surface area (Å²) in [6.07, 6.45) is 7.76. The van der Waals surface area contributed by atoms with Crippen LogP contribution in [0.1, 0.15) is 17.0 Å². The number of nitrogens with zero attached hydrogens (tertiary/aromatic N) is 5. The van der Waals surface area contributed by atoms with Crippen molar-refractivity contribution in [1.82, 2.24) is 23.8 Å². The Hall–Kier alpha value is -3.36. The van der Waals surface area contributed by atoms with E-state index < -0.39 is 10.0 Å². The molecular weight excluding hydrogens is 410 g/mol. The van der Waals surface area contributed by atoms with Crippen molar-refractivity contribution in [3.8, 4) is 11.4 Å². The summed E-state index contributed by atoms with van der Waals surface area (Å²) in [5, 5.41) is 0. The van der Waals surface area contributed by atoms with Crippen LogP contribution < -0.4 is 0 Å². The van der Waals surface area contributed by atoms with Gasteiger partial charge >= 0.3 is 0 Å². The first-order chi connectivity index (χ1) is 15.1. The molecule has 4 aromatic rings. The zero-order valence-electron chi connectivity index (χ0n) is 16.8. The minimum Gasteiger partial charge on any atom is -0.293 e. The van der Waals surface area contributed by atoms with Crippen molar-refractivity contribution in [3.63, 3.8) is 0 Å². The lowest BCUT2D eigenvalue weighted by Crippen LogP contribution is -2.32. The monoisotopic (exact) mass is 431 g/mol. The van der Waals surface area contributed by atoms with Crippen LogP contribution in [0, 0.1) is 0 Å². The molecule has 0 saturated carbocycles. The Morgan fingerprint density at radius 1 is 0.968 bits per heavy atom. The third-order valence-corrected chi connectivity index (χ3v) is 7.15. The molecule has 1 aliphatic heterocycles. The van der Waals surface area contributed by atoms with E-state index in [-0.39, 0.29) is 4.90 Å². The van der Waals surface area contributed by atoms with Crippen LogP contribution in [0.15, 0.2) is 84.3 Å². The Morgan fingerprint density at radius 2 is 1.84 bits per heavy atom. The van der Waals surface area contributed by atoms with Crippen molar-refractivity contribution in [1.29, 1.82) is 0 Å². The van der Waals surface area contributed by atoms with E-state index in [9.17, 15) is 8.42 Å². The largest absolute Gasteiger partial charge is 0.293 e. The van der Waals surface area contributed by atoms with E-state index in [1.54, 1.807) is 48.9 Å². The van der Waals surface area contributed by atoms with Crippen molar-refractivity contribution in [2.24, 2.45) is 0 Å². The van der Waals surface area contributed by atoms with Crippen LogP contribution >= 0.6 is 0 Å². The highest BCUT2D eigenvalue weighted by Crippen LogP contribution is 2.23. The molecule has 1 aliphatic rings. The van der Waals surface area contributed by atoms with Crippen molar-refractivity contribution in [2.45, 2.75) is 24.4 Å². The predicted octanol–water partition coefficient (Wildman–Crippen LogP) is 3.14. The van der Waals surface area contributed by atoms with E-state index in [0.29, 0.717) is 18.9 Å². The molecule has 5 rings (SSSR count). The maximum Gasteiger partial charge on any atom is 0.267 e. The first kappa shape index (κ1) is 19.6. The van der Waals surface area contributed by atoms with Crippen LogP contribution in [0.2, 0.25) is 0 Å². The molecular formula is C23H21N5O2S. The van der Waals surface area contributed by atoms with Crippen molar-refractivity contribution in [3.05, 3.63) is 96.3 Å². The molecule has 0 saturated heterocycles. The van der Waals surface area contributed by atoms with Crippen LogP contribution in [-0.2, 0) is 29.5 Å². The summed E-state index contributed by atoms with van der Waals surface area (Å²) in [4.78, 5) is 15.9. The first-order valence-electron chi connectivity index (χ1n) is 10.1. The minimum absolute atomic E-state index is 0.285. The lowest BCUT2D eigenvalue weighted by Gasteiger charge is -2.28. The van der Waals surface area contributed by atoms with Gasteiger partial charge in [-0.3, -0.25) is 9.88 Å². The van der Waals surface area contributed by atoms with E-state index in [1.807, 2.05) is 30.5 Å². The fourth-order valence-corrected chi connectivity index (χ4v) is 5.22. The number of aromatic nitrogens is 4. The van der Waals surface area contributed by atoms with Gasteiger partial charge in [0.15, 0.2) is 5.82 Å². The molecule has 31 heavy (non-hydrogen) atoms. The molecule has 0 unspecified atom stereocenters. The van der Waals surface area contributed by atoms with Crippen LogP contribution in [0.25, 0.3) is 11.4 Å². The average molecular weight is 432 g/mol. The molecule has 0 fully saturated rings. The third-order valence-electron chi connectivity index (χ3n) is 5.41. The first-order valence-corrected chi connectivity index (χ1v) is 11.5. The SMILES string of the molecule is O=S(=O)(c1ccccc1)n1cccc1CN1CCc2nc(-c3cccnc3)ncc2C1. The molecule has 8 heteroatoms. The number of hydrogen-bond acceptors (Lipinski definition) is 6. The van der Waals surface area contributed by atoms with Gasteiger partial charge < -0.3 is 0 Å². The number of pyridine rings is 1. The Kier molecular flexibility index (Phi) is 5.09. The Morgan fingerprint density at radius 3 is 2.65 bits per heavy atom. The van der Waals surface area contributed by atoms with E-state index in [0.717, 1.165) is 35.5 Å². The van der Waals surface area contributed by atoms with Gasteiger partial charge in [-0.15, -0.1) is 0 Å². The molecule has 0 spiro atoms. The smallest absolute Gasteiger partial charge is 0.267 e. The highest BCUT2D eigenvalue weighted by Gasteiger charge is 2.23. The second-order valence-corrected chi connectivity index (χ2v) is 9.30. The summed E-state index contributed by atoms with van der Waals surface area (Å²) < 4.78 is 27.5. The second kappa shape index (κ2) is 8.05. The highest BCUT2D eigenvalue weighted by molar-refractivity contribution is 7.90. The predicted molar refractivity (Wildman–Crippen MR) is 117 cm³/mol. The fourth-order valence-electron chi connectivity index (χ4n) is 3.84. The highest BCUT2D eigenvalue weighted by atomic mass is 32.2. The van der Waals surface area contributed by atoms with Gasteiger partial charge in [0.1, 0.15) is 0 Å². The van der Waals surface area contributed by atoms with E-state index in [4.69, 9.17) is 4.98 Å². The van der Waals surface area contributed by atoms with Crippen molar-refractivity contribution >= 4 is 10.0 Å².